The van der Waals surface area contributed by atoms with E-state index in [1.165, 1.54) is 212 Å². The van der Waals surface area contributed by atoms with Crippen LogP contribution >= 0.6 is 0 Å². The first-order chi connectivity index (χ1) is 31.0. The van der Waals surface area contributed by atoms with E-state index in [-0.39, 0.29) is 27.8 Å². The summed E-state index contributed by atoms with van der Waals surface area (Å²) < 4.78 is 0. The molecule has 0 aliphatic rings. The SMILES string of the molecule is CC(C)O.CCCCCCCCC=CCCCCCCCC(=O)O.CCCCCCCCC=CCCCCCCCC(=O)O.CCCCCCCCC=CCCCCCCCC(=O)O.[Ti]. The normalized spacial score (nSPS) is 10.9. The first-order valence-corrected chi connectivity index (χ1v) is 27.3. The van der Waals surface area contributed by atoms with Crippen LogP contribution in [0.25, 0.3) is 0 Å². The fourth-order valence-electron chi connectivity index (χ4n) is 7.04. The fraction of sp³-hybridized carbons (Fsp3) is 0.842. The predicted octanol–water partition coefficient (Wildman–Crippen LogP) is 18.7. The number of unbranched alkanes of at least 4 members (excludes halogenated alkanes) is 33. The number of rotatable bonds is 45. The van der Waals surface area contributed by atoms with Crippen molar-refractivity contribution in [2.45, 2.75) is 310 Å². The summed E-state index contributed by atoms with van der Waals surface area (Å²) in [5, 5.41) is 33.6. The van der Waals surface area contributed by atoms with Crippen LogP contribution in [-0.4, -0.2) is 44.4 Å². The van der Waals surface area contributed by atoms with Crippen molar-refractivity contribution in [3.8, 4) is 0 Å². The molecule has 0 rings (SSSR count). The van der Waals surface area contributed by atoms with Gasteiger partial charge in [0.2, 0.25) is 0 Å². The second-order valence-electron chi connectivity index (χ2n) is 18.3. The Balaban J connectivity index is -0.000000263. The molecule has 0 aliphatic heterocycles. The summed E-state index contributed by atoms with van der Waals surface area (Å²) in [5.41, 5.74) is 0. The van der Waals surface area contributed by atoms with Crippen LogP contribution in [-0.2, 0) is 36.1 Å². The van der Waals surface area contributed by atoms with Gasteiger partial charge in [0.15, 0.2) is 0 Å². The van der Waals surface area contributed by atoms with Crippen LogP contribution in [0.15, 0.2) is 36.5 Å². The van der Waals surface area contributed by atoms with Gasteiger partial charge in [0.25, 0.3) is 0 Å². The number of carbonyl (C=O) groups is 3. The first kappa shape index (κ1) is 72.3. The molecule has 0 bridgehead atoms. The Morgan fingerprint density at radius 2 is 0.446 bits per heavy atom. The third-order valence-corrected chi connectivity index (χ3v) is 11.0. The minimum atomic E-state index is -0.664. The molecule has 0 saturated heterocycles. The molecule has 65 heavy (non-hydrogen) atoms. The molecule has 0 saturated carbocycles. The fourth-order valence-corrected chi connectivity index (χ4v) is 7.04. The molecule has 0 aromatic carbocycles. The van der Waals surface area contributed by atoms with Gasteiger partial charge in [-0.1, -0.05) is 211 Å². The van der Waals surface area contributed by atoms with Crippen molar-refractivity contribution >= 4 is 17.9 Å². The third-order valence-electron chi connectivity index (χ3n) is 11.0. The van der Waals surface area contributed by atoms with Gasteiger partial charge in [0.1, 0.15) is 0 Å². The van der Waals surface area contributed by atoms with E-state index in [1.54, 1.807) is 13.8 Å². The number of carboxylic acids is 3. The van der Waals surface area contributed by atoms with Gasteiger partial charge in [0, 0.05) is 47.1 Å². The largest absolute Gasteiger partial charge is 0.481 e. The van der Waals surface area contributed by atoms with Gasteiger partial charge in [-0.25, -0.2) is 0 Å². The van der Waals surface area contributed by atoms with E-state index < -0.39 is 17.9 Å². The van der Waals surface area contributed by atoms with Crippen molar-refractivity contribution in [1.29, 1.82) is 0 Å². The number of aliphatic hydroxyl groups excluding tert-OH is 1. The van der Waals surface area contributed by atoms with E-state index in [9.17, 15) is 14.4 Å². The summed E-state index contributed by atoms with van der Waals surface area (Å²) in [6.07, 6.45) is 63.6. The minimum Gasteiger partial charge on any atom is -0.481 e. The number of aliphatic hydroxyl groups is 1. The van der Waals surface area contributed by atoms with Crippen LogP contribution in [0.4, 0.5) is 0 Å². The molecule has 0 aromatic rings. The second-order valence-corrected chi connectivity index (χ2v) is 18.3. The van der Waals surface area contributed by atoms with Gasteiger partial charge >= 0.3 is 17.9 Å². The average molecular weight is 955 g/mol. The Kier molecular flexibility index (Phi) is 76.6. The standard InChI is InChI=1S/3C18H34O2.C3H8O.Ti/c3*1-2-3-4-5-6-7-8-9-10-11-12-13-14-15-16-17-18(19)20;1-3(2)4;/h3*9-10H,2-8,11-17H2,1H3,(H,19,20);3-4H,1-2H3;. The van der Waals surface area contributed by atoms with E-state index in [4.69, 9.17) is 20.4 Å². The molecule has 0 amide bonds. The number of hydrogen-bond donors (Lipinski definition) is 4. The van der Waals surface area contributed by atoms with Crippen LogP contribution in [0.2, 0.25) is 0 Å². The summed E-state index contributed by atoms with van der Waals surface area (Å²) in [7, 11) is 0. The zero-order valence-electron chi connectivity index (χ0n) is 43.8. The molecular weight excluding hydrogens is 844 g/mol. The van der Waals surface area contributed by atoms with Crippen LogP contribution in [0, 0.1) is 0 Å². The maximum atomic E-state index is 10.3. The maximum absolute atomic E-state index is 10.3. The van der Waals surface area contributed by atoms with Crippen molar-refractivity contribution in [2.75, 3.05) is 0 Å². The molecule has 384 valence electrons. The summed E-state index contributed by atoms with van der Waals surface area (Å²) in [4.78, 5) is 31.0. The molecule has 0 unspecified atom stereocenters. The number of allylic oxidation sites excluding steroid dienone is 6. The summed E-state index contributed by atoms with van der Waals surface area (Å²) in [6, 6.07) is 0. The van der Waals surface area contributed by atoms with Crippen molar-refractivity contribution in [3.63, 3.8) is 0 Å². The van der Waals surface area contributed by atoms with Crippen LogP contribution in [0.1, 0.15) is 304 Å². The minimum absolute atomic E-state index is 0. The maximum Gasteiger partial charge on any atom is 0.303 e. The number of hydrogen-bond acceptors (Lipinski definition) is 4. The van der Waals surface area contributed by atoms with Crippen molar-refractivity contribution in [2.24, 2.45) is 0 Å². The quantitative estimate of drug-likeness (QED) is 0.0271. The molecule has 4 N–H and O–H groups in total. The van der Waals surface area contributed by atoms with Gasteiger partial charge in [-0.3, -0.25) is 14.4 Å². The summed E-state index contributed by atoms with van der Waals surface area (Å²) >= 11 is 0. The predicted molar refractivity (Wildman–Crippen MR) is 279 cm³/mol. The molecular formula is C57H110O7Ti. The van der Waals surface area contributed by atoms with Crippen LogP contribution < -0.4 is 0 Å². The smallest absolute Gasteiger partial charge is 0.303 e. The van der Waals surface area contributed by atoms with Gasteiger partial charge in [-0.15, -0.1) is 0 Å². The molecule has 8 heteroatoms. The van der Waals surface area contributed by atoms with Gasteiger partial charge in [0.05, 0.1) is 0 Å². The van der Waals surface area contributed by atoms with Crippen LogP contribution in [0.3, 0.4) is 0 Å². The Morgan fingerprint density at radius 1 is 0.308 bits per heavy atom. The Morgan fingerprint density at radius 3 is 0.600 bits per heavy atom. The first-order valence-electron chi connectivity index (χ1n) is 27.3. The van der Waals surface area contributed by atoms with Crippen molar-refractivity contribution in [1.82, 2.24) is 0 Å². The van der Waals surface area contributed by atoms with Crippen molar-refractivity contribution < 1.29 is 56.5 Å². The molecule has 0 aliphatic carbocycles. The molecule has 0 spiro atoms. The van der Waals surface area contributed by atoms with Gasteiger partial charge in [-0.2, -0.15) is 0 Å². The van der Waals surface area contributed by atoms with Gasteiger partial charge < -0.3 is 20.4 Å². The number of aliphatic carboxylic acids is 3. The van der Waals surface area contributed by atoms with E-state index in [2.05, 4.69) is 57.2 Å². The number of carboxylic acid groups (broad SMARTS) is 3. The molecule has 0 radical (unpaired) electrons. The molecule has 7 nitrogen and oxygen atoms in total. The van der Waals surface area contributed by atoms with E-state index >= 15 is 0 Å². The van der Waals surface area contributed by atoms with E-state index in [0.717, 1.165) is 38.5 Å². The molecule has 0 heterocycles. The monoisotopic (exact) mass is 955 g/mol. The molecule has 0 aromatic heterocycles. The average Bonchev–Trinajstić information content (AvgIpc) is 3.25. The third kappa shape index (κ3) is 93.2. The Hall–Kier alpha value is -1.70. The topological polar surface area (TPSA) is 132 Å². The van der Waals surface area contributed by atoms with Gasteiger partial charge in [-0.05, 0) is 110 Å². The second kappa shape index (κ2) is 68.9. The van der Waals surface area contributed by atoms with E-state index in [1.807, 2.05) is 0 Å². The Labute approximate surface area is 419 Å². The Bertz CT molecular complexity index is 872. The molecule has 0 fully saturated rings. The summed E-state index contributed by atoms with van der Waals surface area (Å²) in [6.45, 7) is 10.2. The van der Waals surface area contributed by atoms with E-state index in [0.29, 0.717) is 19.3 Å². The van der Waals surface area contributed by atoms with Crippen LogP contribution in [0.5, 0.6) is 0 Å². The summed E-state index contributed by atoms with van der Waals surface area (Å²) in [5.74, 6) is -1.99. The molecule has 0 atom stereocenters. The van der Waals surface area contributed by atoms with Crippen molar-refractivity contribution in [3.05, 3.63) is 36.5 Å². The zero-order chi connectivity index (χ0) is 48.3. The zero-order valence-corrected chi connectivity index (χ0v) is 45.3.